The second-order valence-corrected chi connectivity index (χ2v) is 8.57. The molecule has 0 bridgehead atoms. The molecule has 2 N–H and O–H groups in total. The van der Waals surface area contributed by atoms with Crippen molar-refractivity contribution in [1.29, 1.82) is 0 Å². The first-order valence-corrected chi connectivity index (χ1v) is 12.0. The van der Waals surface area contributed by atoms with Crippen LogP contribution in [0.3, 0.4) is 0 Å². The molecule has 0 saturated heterocycles. The zero-order chi connectivity index (χ0) is 24.5. The molecule has 5 heteroatoms. The molecule has 0 amide bonds. The van der Waals surface area contributed by atoms with Gasteiger partial charge < -0.3 is 20.1 Å². The number of benzene rings is 4. The van der Waals surface area contributed by atoms with Crippen LogP contribution in [0.1, 0.15) is 22.3 Å². The molecule has 4 nitrogen and oxygen atoms in total. The third kappa shape index (κ3) is 5.47. The van der Waals surface area contributed by atoms with E-state index < -0.39 is 5.54 Å². The van der Waals surface area contributed by atoms with E-state index in [0.29, 0.717) is 11.7 Å². The van der Waals surface area contributed by atoms with Crippen molar-refractivity contribution < 1.29 is 9.47 Å². The van der Waals surface area contributed by atoms with Crippen molar-refractivity contribution in [2.24, 2.45) is 0 Å². The standard InChI is InChI=1S/C30H30N2O2S/c1-33-27-18-19-28(34-2)23(22-27)20-21-31-29(35)32-30(24-12-6-3-7-13-24,25-14-8-4-9-15-25)26-16-10-5-11-17-26/h3-19,22H,20-21H2,1-2H3,(H2,31,32,35). The highest BCUT2D eigenvalue weighted by Crippen LogP contribution is 2.36. The molecule has 0 aromatic heterocycles. The summed E-state index contributed by atoms with van der Waals surface area (Å²) >= 11 is 5.85. The van der Waals surface area contributed by atoms with Crippen molar-refractivity contribution in [3.05, 3.63) is 131 Å². The summed E-state index contributed by atoms with van der Waals surface area (Å²) in [5.41, 5.74) is 3.73. The summed E-state index contributed by atoms with van der Waals surface area (Å²) in [5, 5.41) is 7.66. The highest BCUT2D eigenvalue weighted by molar-refractivity contribution is 7.80. The van der Waals surface area contributed by atoms with Gasteiger partial charge in [-0.15, -0.1) is 0 Å². The Morgan fingerprint density at radius 2 is 1.23 bits per heavy atom. The van der Waals surface area contributed by atoms with Gasteiger partial charge in [0.1, 0.15) is 17.0 Å². The van der Waals surface area contributed by atoms with E-state index in [9.17, 15) is 0 Å². The fourth-order valence-electron chi connectivity index (χ4n) is 4.38. The Bertz CT molecular complexity index is 1130. The average molecular weight is 483 g/mol. The predicted molar refractivity (Wildman–Crippen MR) is 146 cm³/mol. The van der Waals surface area contributed by atoms with Gasteiger partial charge in [-0.25, -0.2) is 0 Å². The molecule has 0 atom stereocenters. The Morgan fingerprint density at radius 3 is 1.69 bits per heavy atom. The second-order valence-electron chi connectivity index (χ2n) is 8.16. The van der Waals surface area contributed by atoms with Crippen LogP contribution in [0.4, 0.5) is 0 Å². The summed E-state index contributed by atoms with van der Waals surface area (Å²) in [6.45, 7) is 0.643. The number of methoxy groups -OCH3 is 2. The predicted octanol–water partition coefficient (Wildman–Crippen LogP) is 5.70. The monoisotopic (exact) mass is 482 g/mol. The van der Waals surface area contributed by atoms with Gasteiger partial charge in [-0.05, 0) is 59.1 Å². The van der Waals surface area contributed by atoms with Gasteiger partial charge in [0.25, 0.3) is 0 Å². The minimum absolute atomic E-state index is 0.573. The summed E-state index contributed by atoms with van der Waals surface area (Å²) in [4.78, 5) is 0. The van der Waals surface area contributed by atoms with Crippen molar-refractivity contribution >= 4 is 17.3 Å². The molecular weight excluding hydrogens is 452 g/mol. The maximum absolute atomic E-state index is 5.85. The van der Waals surface area contributed by atoms with Crippen LogP contribution >= 0.6 is 12.2 Å². The maximum Gasteiger partial charge on any atom is 0.167 e. The minimum Gasteiger partial charge on any atom is -0.497 e. The van der Waals surface area contributed by atoms with Crippen LogP contribution in [0.15, 0.2) is 109 Å². The quantitative estimate of drug-likeness (QED) is 0.237. The number of nitrogens with one attached hydrogen (secondary N) is 2. The highest BCUT2D eigenvalue weighted by Gasteiger charge is 2.36. The van der Waals surface area contributed by atoms with E-state index in [-0.39, 0.29) is 0 Å². The Kier molecular flexibility index (Phi) is 8.01. The lowest BCUT2D eigenvalue weighted by Crippen LogP contribution is -2.51. The second kappa shape index (κ2) is 11.5. The third-order valence-electron chi connectivity index (χ3n) is 6.09. The number of ether oxygens (including phenoxy) is 2. The number of hydrogen-bond acceptors (Lipinski definition) is 3. The Labute approximate surface area is 212 Å². The molecule has 0 unspecified atom stereocenters. The van der Waals surface area contributed by atoms with Crippen molar-refractivity contribution in [3.8, 4) is 11.5 Å². The van der Waals surface area contributed by atoms with Gasteiger partial charge in [-0.2, -0.15) is 0 Å². The summed E-state index contributed by atoms with van der Waals surface area (Å²) in [6.07, 6.45) is 0.733. The number of hydrogen-bond donors (Lipinski definition) is 2. The van der Waals surface area contributed by atoms with Crippen LogP contribution in [0.5, 0.6) is 11.5 Å². The zero-order valence-electron chi connectivity index (χ0n) is 20.0. The SMILES string of the molecule is COc1ccc(OC)c(CCNC(=S)NC(c2ccccc2)(c2ccccc2)c2ccccc2)c1. The summed E-state index contributed by atoms with van der Waals surface area (Å²) in [5.74, 6) is 1.64. The van der Waals surface area contributed by atoms with Crippen molar-refractivity contribution in [2.45, 2.75) is 12.0 Å². The Balaban J connectivity index is 1.63. The van der Waals surface area contributed by atoms with Gasteiger partial charge in [0.2, 0.25) is 0 Å². The van der Waals surface area contributed by atoms with Gasteiger partial charge in [0.15, 0.2) is 5.11 Å². The molecule has 178 valence electrons. The minimum atomic E-state index is -0.651. The fraction of sp³-hybridized carbons (Fsp3) is 0.167. The van der Waals surface area contributed by atoms with E-state index in [1.807, 2.05) is 36.4 Å². The van der Waals surface area contributed by atoms with Crippen molar-refractivity contribution in [1.82, 2.24) is 10.6 Å². The van der Waals surface area contributed by atoms with Crippen LogP contribution < -0.4 is 20.1 Å². The van der Waals surface area contributed by atoms with E-state index in [0.717, 1.165) is 40.2 Å². The van der Waals surface area contributed by atoms with Gasteiger partial charge in [-0.3, -0.25) is 0 Å². The molecule has 0 aliphatic carbocycles. The molecular formula is C30H30N2O2S. The number of rotatable bonds is 9. The van der Waals surface area contributed by atoms with Crippen LogP contribution in [-0.4, -0.2) is 25.9 Å². The van der Waals surface area contributed by atoms with Crippen LogP contribution in [0, 0.1) is 0 Å². The van der Waals surface area contributed by atoms with Crippen molar-refractivity contribution in [2.75, 3.05) is 20.8 Å². The molecule has 0 fully saturated rings. The van der Waals surface area contributed by atoms with Crippen molar-refractivity contribution in [3.63, 3.8) is 0 Å². The first kappa shape index (κ1) is 24.3. The lowest BCUT2D eigenvalue weighted by atomic mass is 9.77. The molecule has 0 saturated carbocycles. The Morgan fingerprint density at radius 1 is 0.714 bits per heavy atom. The van der Waals surface area contributed by atoms with E-state index in [1.54, 1.807) is 14.2 Å². The topological polar surface area (TPSA) is 42.5 Å². The molecule has 4 aromatic rings. The molecule has 0 aliphatic heterocycles. The molecule has 35 heavy (non-hydrogen) atoms. The van der Waals surface area contributed by atoms with Gasteiger partial charge in [-0.1, -0.05) is 91.0 Å². The van der Waals surface area contributed by atoms with Gasteiger partial charge in [0.05, 0.1) is 14.2 Å². The average Bonchev–Trinajstić information content (AvgIpc) is 2.93. The lowest BCUT2D eigenvalue weighted by Gasteiger charge is -2.38. The largest absolute Gasteiger partial charge is 0.497 e. The van der Waals surface area contributed by atoms with Gasteiger partial charge >= 0.3 is 0 Å². The van der Waals surface area contributed by atoms with Crippen LogP contribution in [0.25, 0.3) is 0 Å². The molecule has 0 heterocycles. The number of thiocarbonyl (C=S) groups is 1. The fourth-order valence-corrected chi connectivity index (χ4v) is 4.64. The molecule has 4 aromatic carbocycles. The van der Waals surface area contributed by atoms with E-state index in [1.165, 1.54) is 0 Å². The first-order chi connectivity index (χ1) is 17.2. The van der Waals surface area contributed by atoms with E-state index in [2.05, 4.69) is 83.4 Å². The summed E-state index contributed by atoms with van der Waals surface area (Å²) in [6, 6.07) is 37.1. The normalized spacial score (nSPS) is 10.9. The molecule has 0 radical (unpaired) electrons. The summed E-state index contributed by atoms with van der Waals surface area (Å²) < 4.78 is 10.9. The molecule has 0 spiro atoms. The Hall–Kier alpha value is -3.83. The maximum atomic E-state index is 5.85. The van der Waals surface area contributed by atoms with Crippen LogP contribution in [0.2, 0.25) is 0 Å². The van der Waals surface area contributed by atoms with Gasteiger partial charge in [0, 0.05) is 6.54 Å². The van der Waals surface area contributed by atoms with E-state index >= 15 is 0 Å². The highest BCUT2D eigenvalue weighted by atomic mass is 32.1. The third-order valence-corrected chi connectivity index (χ3v) is 6.34. The molecule has 0 aliphatic rings. The van der Waals surface area contributed by atoms with E-state index in [4.69, 9.17) is 21.7 Å². The summed E-state index contributed by atoms with van der Waals surface area (Å²) in [7, 11) is 3.35. The smallest absolute Gasteiger partial charge is 0.167 e. The molecule has 4 rings (SSSR count). The zero-order valence-corrected chi connectivity index (χ0v) is 20.8. The van der Waals surface area contributed by atoms with Crippen LogP contribution in [-0.2, 0) is 12.0 Å². The lowest BCUT2D eigenvalue weighted by molar-refractivity contribution is 0.398. The first-order valence-electron chi connectivity index (χ1n) is 11.6.